The molecule has 0 unspecified atom stereocenters. The largest absolute Gasteiger partial charge is 0.496 e. The van der Waals surface area contributed by atoms with E-state index in [0.29, 0.717) is 39.3 Å². The summed E-state index contributed by atoms with van der Waals surface area (Å²) in [7, 11) is 1.65. The number of ether oxygens (including phenoxy) is 1. The minimum Gasteiger partial charge on any atom is -0.496 e. The molecule has 0 aliphatic carbocycles. The molecule has 174 valence electrons. The molecule has 0 saturated carbocycles. The van der Waals surface area contributed by atoms with Crippen molar-refractivity contribution in [2.45, 2.75) is 19.4 Å². The topological polar surface area (TPSA) is 66.8 Å². The Hall–Kier alpha value is -3.55. The number of piperazine rings is 1. The van der Waals surface area contributed by atoms with Crippen molar-refractivity contribution in [2.24, 2.45) is 0 Å². The summed E-state index contributed by atoms with van der Waals surface area (Å²) >= 11 is 0. The van der Waals surface area contributed by atoms with Crippen LogP contribution in [0.3, 0.4) is 0 Å². The number of benzene rings is 2. The number of hydrogen-bond donors (Lipinski definition) is 1. The molecular weight excluding hydrogens is 423 g/mol. The zero-order chi connectivity index (χ0) is 23.2. The molecule has 2 heterocycles. The molecule has 33 heavy (non-hydrogen) atoms. The zero-order valence-electron chi connectivity index (χ0n) is 18.8. The van der Waals surface area contributed by atoms with Crippen molar-refractivity contribution in [2.75, 3.05) is 44.7 Å². The molecular formula is C25H29FN4O3. The summed E-state index contributed by atoms with van der Waals surface area (Å²) in [5, 5.41) is 3.94. The van der Waals surface area contributed by atoms with Crippen molar-refractivity contribution < 1.29 is 18.7 Å². The maximum atomic E-state index is 13.1. The first-order valence-corrected chi connectivity index (χ1v) is 11.2. The van der Waals surface area contributed by atoms with E-state index in [-0.39, 0.29) is 30.5 Å². The third-order valence-corrected chi connectivity index (χ3v) is 6.06. The Balaban J connectivity index is 1.17. The molecule has 8 heteroatoms. The van der Waals surface area contributed by atoms with E-state index in [1.54, 1.807) is 24.1 Å². The van der Waals surface area contributed by atoms with Crippen molar-refractivity contribution in [1.82, 2.24) is 14.8 Å². The predicted molar refractivity (Wildman–Crippen MR) is 126 cm³/mol. The second-order valence-electron chi connectivity index (χ2n) is 8.10. The number of carbonyl (C=O) groups is 2. The van der Waals surface area contributed by atoms with Gasteiger partial charge in [-0.2, -0.15) is 0 Å². The first kappa shape index (κ1) is 22.6. The molecule has 2 amide bonds. The Morgan fingerprint density at radius 1 is 1.00 bits per heavy atom. The van der Waals surface area contributed by atoms with Gasteiger partial charge in [0.1, 0.15) is 11.6 Å². The number of halogens is 1. The number of aromatic nitrogens is 1. The van der Waals surface area contributed by atoms with Crippen molar-refractivity contribution in [3.63, 3.8) is 0 Å². The van der Waals surface area contributed by atoms with Gasteiger partial charge in [0.15, 0.2) is 0 Å². The van der Waals surface area contributed by atoms with E-state index < -0.39 is 0 Å². The average molecular weight is 453 g/mol. The molecule has 4 rings (SSSR count). The van der Waals surface area contributed by atoms with Crippen LogP contribution in [0.2, 0.25) is 0 Å². The van der Waals surface area contributed by atoms with Crippen LogP contribution in [0.15, 0.2) is 54.7 Å². The molecule has 1 fully saturated rings. The number of nitrogens with one attached hydrogen (secondary N) is 1. The van der Waals surface area contributed by atoms with Gasteiger partial charge in [0.2, 0.25) is 11.8 Å². The van der Waals surface area contributed by atoms with Crippen molar-refractivity contribution in [3.05, 3.63) is 60.5 Å². The van der Waals surface area contributed by atoms with Gasteiger partial charge in [-0.25, -0.2) is 4.39 Å². The van der Waals surface area contributed by atoms with E-state index in [1.165, 1.54) is 12.1 Å². The summed E-state index contributed by atoms with van der Waals surface area (Å²) in [6.07, 6.45) is 2.36. The monoisotopic (exact) mass is 452 g/mol. The van der Waals surface area contributed by atoms with E-state index in [4.69, 9.17) is 4.74 Å². The van der Waals surface area contributed by atoms with Crippen LogP contribution in [0, 0.1) is 5.82 Å². The van der Waals surface area contributed by atoms with E-state index in [0.717, 1.165) is 22.3 Å². The molecule has 0 atom stereocenters. The third kappa shape index (κ3) is 5.45. The Bertz CT molecular complexity index is 1100. The number of carbonyl (C=O) groups excluding carboxylic acids is 2. The lowest BCUT2D eigenvalue weighted by molar-refractivity contribution is -0.133. The molecule has 0 spiro atoms. The molecule has 1 aliphatic heterocycles. The Labute approximate surface area is 192 Å². The van der Waals surface area contributed by atoms with E-state index in [9.17, 15) is 14.0 Å². The quantitative estimate of drug-likeness (QED) is 0.571. The summed E-state index contributed by atoms with van der Waals surface area (Å²) in [6, 6.07) is 14.3. The van der Waals surface area contributed by atoms with Crippen LogP contribution in [0.25, 0.3) is 10.9 Å². The Morgan fingerprint density at radius 2 is 1.76 bits per heavy atom. The summed E-state index contributed by atoms with van der Waals surface area (Å²) in [6.45, 7) is 3.72. The third-order valence-electron chi connectivity index (χ3n) is 6.06. The summed E-state index contributed by atoms with van der Waals surface area (Å²) in [5.41, 5.74) is 2.01. The maximum absolute atomic E-state index is 13.1. The highest BCUT2D eigenvalue weighted by molar-refractivity contribution is 5.86. The molecule has 0 bridgehead atoms. The first-order valence-electron chi connectivity index (χ1n) is 11.2. The van der Waals surface area contributed by atoms with Crippen LogP contribution in [-0.2, 0) is 16.1 Å². The first-order chi connectivity index (χ1) is 16.0. The fourth-order valence-electron chi connectivity index (χ4n) is 4.22. The van der Waals surface area contributed by atoms with Crippen LogP contribution in [0.5, 0.6) is 5.75 Å². The van der Waals surface area contributed by atoms with Gasteiger partial charge in [-0.05, 0) is 42.5 Å². The van der Waals surface area contributed by atoms with Gasteiger partial charge >= 0.3 is 0 Å². The van der Waals surface area contributed by atoms with Crippen molar-refractivity contribution in [1.29, 1.82) is 0 Å². The fourth-order valence-corrected chi connectivity index (χ4v) is 4.22. The summed E-state index contributed by atoms with van der Waals surface area (Å²) in [5.74, 6) is 0.440. The van der Waals surface area contributed by atoms with Crippen LogP contribution < -0.4 is 15.0 Å². The van der Waals surface area contributed by atoms with Gasteiger partial charge in [-0.3, -0.25) is 9.59 Å². The van der Waals surface area contributed by atoms with Crippen LogP contribution in [-0.4, -0.2) is 61.1 Å². The Morgan fingerprint density at radius 3 is 2.48 bits per heavy atom. The summed E-state index contributed by atoms with van der Waals surface area (Å²) in [4.78, 5) is 28.7. The average Bonchev–Trinajstić information content (AvgIpc) is 3.26. The highest BCUT2D eigenvalue weighted by atomic mass is 19.1. The predicted octanol–water partition coefficient (Wildman–Crippen LogP) is 3.03. The maximum Gasteiger partial charge on any atom is 0.223 e. The number of anilines is 1. The molecule has 2 aromatic carbocycles. The number of hydrogen-bond acceptors (Lipinski definition) is 4. The van der Waals surface area contributed by atoms with Gasteiger partial charge < -0.3 is 24.4 Å². The molecule has 1 aromatic heterocycles. The number of methoxy groups -OCH3 is 1. The zero-order valence-corrected chi connectivity index (χ0v) is 18.8. The van der Waals surface area contributed by atoms with Crippen LogP contribution in [0.4, 0.5) is 10.1 Å². The molecule has 3 aromatic rings. The van der Waals surface area contributed by atoms with Crippen molar-refractivity contribution in [3.8, 4) is 5.75 Å². The number of fused-ring (bicyclic) bond motifs is 1. The molecule has 7 nitrogen and oxygen atoms in total. The lowest BCUT2D eigenvalue weighted by Crippen LogP contribution is -2.49. The van der Waals surface area contributed by atoms with E-state index in [2.05, 4.69) is 14.8 Å². The molecule has 0 radical (unpaired) electrons. The SMILES string of the molecule is COc1cccc2c1ccn2CCNC(=O)CCC(=O)N1CCN(c2ccc(F)cc2)CC1. The Kier molecular flexibility index (Phi) is 7.12. The van der Waals surface area contributed by atoms with E-state index >= 15 is 0 Å². The number of nitrogens with zero attached hydrogens (tertiary/aromatic N) is 3. The molecule has 1 N–H and O–H groups in total. The minimum atomic E-state index is -0.257. The van der Waals surface area contributed by atoms with Gasteiger partial charge in [0, 0.05) is 69.4 Å². The second-order valence-corrected chi connectivity index (χ2v) is 8.10. The molecule has 1 saturated heterocycles. The fraction of sp³-hybridized carbons (Fsp3) is 0.360. The minimum absolute atomic E-state index is 0.00703. The summed E-state index contributed by atoms with van der Waals surface area (Å²) < 4.78 is 20.6. The smallest absolute Gasteiger partial charge is 0.223 e. The number of rotatable bonds is 8. The van der Waals surface area contributed by atoms with Crippen molar-refractivity contribution >= 4 is 28.4 Å². The standard InChI is InChI=1S/C25H29FN4O3/c1-33-23-4-2-3-22-21(23)11-13-29(22)14-12-27-24(31)9-10-25(32)30-17-15-28(16-18-30)20-7-5-19(26)6-8-20/h2-8,11,13H,9-10,12,14-18H2,1H3,(H,27,31). The highest BCUT2D eigenvalue weighted by Gasteiger charge is 2.21. The molecule has 1 aliphatic rings. The van der Waals surface area contributed by atoms with Gasteiger partial charge in [0.05, 0.1) is 12.6 Å². The lowest BCUT2D eigenvalue weighted by atomic mass is 10.2. The lowest BCUT2D eigenvalue weighted by Gasteiger charge is -2.36. The van der Waals surface area contributed by atoms with E-state index in [1.807, 2.05) is 30.5 Å². The van der Waals surface area contributed by atoms with Crippen LogP contribution >= 0.6 is 0 Å². The van der Waals surface area contributed by atoms with Gasteiger partial charge in [-0.1, -0.05) is 6.07 Å². The normalized spacial score (nSPS) is 13.9. The van der Waals surface area contributed by atoms with Crippen LogP contribution in [0.1, 0.15) is 12.8 Å². The van der Waals surface area contributed by atoms with Gasteiger partial charge in [0.25, 0.3) is 0 Å². The van der Waals surface area contributed by atoms with Gasteiger partial charge in [-0.15, -0.1) is 0 Å². The highest BCUT2D eigenvalue weighted by Crippen LogP contribution is 2.26. The second kappa shape index (κ2) is 10.4. The number of amides is 2.